The fourth-order valence-electron chi connectivity index (χ4n) is 2.43. The van der Waals surface area contributed by atoms with E-state index in [2.05, 4.69) is 36.3 Å². The van der Waals surface area contributed by atoms with E-state index < -0.39 is 0 Å². The van der Waals surface area contributed by atoms with Crippen molar-refractivity contribution in [2.45, 2.75) is 13.8 Å². The van der Waals surface area contributed by atoms with Gasteiger partial charge in [-0.2, -0.15) is 14.9 Å². The SMILES string of the molecule is Cc1cc(C)n(-c2nncn2/N=C\c2cc3c(cc2Br)OCO3)n1. The van der Waals surface area contributed by atoms with E-state index in [-0.39, 0.29) is 6.79 Å². The number of hydrogen-bond donors (Lipinski definition) is 0. The molecular formula is C15H13BrN6O2. The average Bonchev–Trinajstić information content (AvgIpc) is 3.24. The van der Waals surface area contributed by atoms with Crippen molar-refractivity contribution < 1.29 is 9.47 Å². The number of fused-ring (bicyclic) bond motifs is 1. The Morgan fingerprint density at radius 3 is 2.75 bits per heavy atom. The summed E-state index contributed by atoms with van der Waals surface area (Å²) in [6, 6.07) is 5.69. The van der Waals surface area contributed by atoms with Crippen molar-refractivity contribution in [1.29, 1.82) is 0 Å². The van der Waals surface area contributed by atoms with Crippen LogP contribution >= 0.6 is 15.9 Å². The van der Waals surface area contributed by atoms with Crippen LogP contribution in [-0.2, 0) is 0 Å². The minimum absolute atomic E-state index is 0.232. The van der Waals surface area contributed by atoms with Crippen LogP contribution in [0.25, 0.3) is 5.95 Å². The van der Waals surface area contributed by atoms with E-state index in [0.29, 0.717) is 17.4 Å². The van der Waals surface area contributed by atoms with Gasteiger partial charge >= 0.3 is 0 Å². The number of aryl methyl sites for hydroxylation is 2. The monoisotopic (exact) mass is 388 g/mol. The maximum atomic E-state index is 5.39. The zero-order chi connectivity index (χ0) is 16.7. The van der Waals surface area contributed by atoms with Crippen LogP contribution in [0.1, 0.15) is 17.0 Å². The molecule has 9 heteroatoms. The van der Waals surface area contributed by atoms with E-state index in [0.717, 1.165) is 21.4 Å². The first-order chi connectivity index (χ1) is 11.6. The van der Waals surface area contributed by atoms with Crippen LogP contribution in [0.3, 0.4) is 0 Å². The second-order valence-corrected chi connectivity index (χ2v) is 6.14. The molecule has 1 aromatic carbocycles. The Morgan fingerprint density at radius 1 is 1.21 bits per heavy atom. The highest BCUT2D eigenvalue weighted by Crippen LogP contribution is 2.36. The van der Waals surface area contributed by atoms with Gasteiger partial charge in [-0.1, -0.05) is 0 Å². The minimum atomic E-state index is 0.232. The normalized spacial score (nSPS) is 13.1. The molecule has 0 amide bonds. The molecular weight excluding hydrogens is 376 g/mol. The highest BCUT2D eigenvalue weighted by Gasteiger charge is 2.16. The predicted molar refractivity (Wildman–Crippen MR) is 89.9 cm³/mol. The Balaban J connectivity index is 1.69. The number of benzene rings is 1. The van der Waals surface area contributed by atoms with Crippen LogP contribution in [-0.4, -0.2) is 37.7 Å². The lowest BCUT2D eigenvalue weighted by Crippen LogP contribution is -2.06. The number of halogens is 1. The van der Waals surface area contributed by atoms with Gasteiger partial charge in [-0.3, -0.25) is 0 Å². The van der Waals surface area contributed by atoms with Gasteiger partial charge in [-0.25, -0.2) is 4.68 Å². The number of ether oxygens (including phenoxy) is 2. The van der Waals surface area contributed by atoms with Gasteiger partial charge in [0.05, 0.1) is 11.9 Å². The Bertz CT molecular complexity index is 946. The van der Waals surface area contributed by atoms with E-state index in [1.54, 1.807) is 15.6 Å². The topological polar surface area (TPSA) is 79.4 Å². The maximum absolute atomic E-state index is 5.39. The van der Waals surface area contributed by atoms with Crippen molar-refractivity contribution >= 4 is 22.1 Å². The first-order valence-electron chi connectivity index (χ1n) is 7.19. The second-order valence-electron chi connectivity index (χ2n) is 5.29. The third kappa shape index (κ3) is 2.56. The zero-order valence-electron chi connectivity index (χ0n) is 13.0. The molecule has 0 spiro atoms. The number of nitrogens with zero attached hydrogens (tertiary/aromatic N) is 6. The van der Waals surface area contributed by atoms with Gasteiger partial charge in [0.15, 0.2) is 11.5 Å². The third-order valence-corrected chi connectivity index (χ3v) is 4.21. The summed E-state index contributed by atoms with van der Waals surface area (Å²) < 4.78 is 14.9. The summed E-state index contributed by atoms with van der Waals surface area (Å²) in [4.78, 5) is 0. The molecule has 2 aromatic heterocycles. The van der Waals surface area contributed by atoms with Crippen molar-refractivity contribution in [3.63, 3.8) is 0 Å². The quantitative estimate of drug-likeness (QED) is 0.643. The summed E-state index contributed by atoms with van der Waals surface area (Å²) in [5.74, 6) is 1.93. The molecule has 0 fully saturated rings. The molecule has 122 valence electrons. The van der Waals surface area contributed by atoms with Gasteiger partial charge in [-0.15, -0.1) is 10.2 Å². The van der Waals surface area contributed by atoms with E-state index in [9.17, 15) is 0 Å². The zero-order valence-corrected chi connectivity index (χ0v) is 14.6. The highest BCUT2D eigenvalue weighted by atomic mass is 79.9. The molecule has 24 heavy (non-hydrogen) atoms. The molecule has 1 aliphatic heterocycles. The van der Waals surface area contributed by atoms with E-state index >= 15 is 0 Å². The summed E-state index contributed by atoms with van der Waals surface area (Å²) in [5.41, 5.74) is 2.72. The lowest BCUT2D eigenvalue weighted by Gasteiger charge is -2.04. The molecule has 0 aliphatic carbocycles. The molecule has 0 atom stereocenters. The van der Waals surface area contributed by atoms with Crippen LogP contribution in [0, 0.1) is 13.8 Å². The summed E-state index contributed by atoms with van der Waals surface area (Å²) in [6.45, 7) is 4.12. The maximum Gasteiger partial charge on any atom is 0.273 e. The predicted octanol–water partition coefficient (Wildman–Crippen LogP) is 2.45. The molecule has 0 saturated heterocycles. The number of aromatic nitrogens is 5. The van der Waals surface area contributed by atoms with Crippen molar-refractivity contribution in [2.24, 2.45) is 5.10 Å². The Labute approximate surface area is 145 Å². The Morgan fingerprint density at radius 2 is 2.00 bits per heavy atom. The van der Waals surface area contributed by atoms with Crippen molar-refractivity contribution in [1.82, 2.24) is 24.7 Å². The number of rotatable bonds is 3. The Kier molecular flexibility index (Phi) is 3.57. The summed E-state index contributed by atoms with van der Waals surface area (Å²) in [7, 11) is 0. The van der Waals surface area contributed by atoms with Crippen LogP contribution < -0.4 is 9.47 Å². The third-order valence-electron chi connectivity index (χ3n) is 3.53. The number of hydrogen-bond acceptors (Lipinski definition) is 6. The van der Waals surface area contributed by atoms with Crippen LogP contribution in [0.2, 0.25) is 0 Å². The van der Waals surface area contributed by atoms with Crippen LogP contribution in [0.15, 0.2) is 34.1 Å². The van der Waals surface area contributed by atoms with Crippen molar-refractivity contribution in [3.8, 4) is 17.4 Å². The standard InChI is InChI=1S/C15H13BrN6O2/c1-9-3-10(2)22(20-9)15-19-17-7-21(15)18-6-11-4-13-14(5-12(11)16)24-8-23-13/h3-7H,8H2,1-2H3/b18-6-. The van der Waals surface area contributed by atoms with Gasteiger partial charge in [-0.05, 0) is 48.0 Å². The molecule has 0 radical (unpaired) electrons. The fourth-order valence-corrected chi connectivity index (χ4v) is 2.86. The van der Waals surface area contributed by atoms with Crippen molar-refractivity contribution in [3.05, 3.63) is 46.0 Å². The smallest absolute Gasteiger partial charge is 0.273 e. The molecule has 3 aromatic rings. The molecule has 0 unspecified atom stereocenters. The first kappa shape index (κ1) is 14.9. The van der Waals surface area contributed by atoms with Crippen molar-refractivity contribution in [2.75, 3.05) is 6.79 Å². The molecule has 3 heterocycles. The summed E-state index contributed by atoms with van der Waals surface area (Å²) in [6.07, 6.45) is 3.23. The van der Waals surface area contributed by atoms with Gasteiger partial charge in [0, 0.05) is 15.7 Å². The van der Waals surface area contributed by atoms with Crippen LogP contribution in [0.4, 0.5) is 0 Å². The second kappa shape index (κ2) is 5.75. The minimum Gasteiger partial charge on any atom is -0.454 e. The van der Waals surface area contributed by atoms with E-state index in [4.69, 9.17) is 9.47 Å². The highest BCUT2D eigenvalue weighted by molar-refractivity contribution is 9.10. The molecule has 0 bridgehead atoms. The average molecular weight is 389 g/mol. The van der Waals surface area contributed by atoms with Gasteiger partial charge in [0.1, 0.15) is 6.33 Å². The van der Waals surface area contributed by atoms with E-state index in [1.165, 1.54) is 6.33 Å². The fraction of sp³-hybridized carbons (Fsp3) is 0.200. The van der Waals surface area contributed by atoms with Gasteiger partial charge in [0.25, 0.3) is 5.95 Å². The molecule has 4 rings (SSSR count). The molecule has 1 aliphatic rings. The molecule has 0 N–H and O–H groups in total. The first-order valence-corrected chi connectivity index (χ1v) is 7.98. The van der Waals surface area contributed by atoms with Gasteiger partial charge in [0.2, 0.25) is 6.79 Å². The lowest BCUT2D eigenvalue weighted by molar-refractivity contribution is 0.174. The summed E-state index contributed by atoms with van der Waals surface area (Å²) >= 11 is 3.51. The Hall–Kier alpha value is -2.68. The molecule has 0 saturated carbocycles. The summed E-state index contributed by atoms with van der Waals surface area (Å²) in [5, 5.41) is 16.9. The van der Waals surface area contributed by atoms with Crippen LogP contribution in [0.5, 0.6) is 11.5 Å². The largest absolute Gasteiger partial charge is 0.454 e. The lowest BCUT2D eigenvalue weighted by atomic mass is 10.2. The van der Waals surface area contributed by atoms with E-state index in [1.807, 2.05) is 32.0 Å². The molecule has 8 nitrogen and oxygen atoms in total. The van der Waals surface area contributed by atoms with Gasteiger partial charge < -0.3 is 9.47 Å².